The molecular formula is C15H19FO5. The van der Waals surface area contributed by atoms with Gasteiger partial charge in [-0.1, -0.05) is 0 Å². The van der Waals surface area contributed by atoms with Crippen molar-refractivity contribution in [3.05, 3.63) is 23.3 Å². The molecule has 116 valence electrons. The first-order valence-corrected chi connectivity index (χ1v) is 6.84. The second kappa shape index (κ2) is 6.30. The predicted octanol–water partition coefficient (Wildman–Crippen LogP) is 1.95. The maximum absolute atomic E-state index is 14.0. The molecule has 6 heteroatoms. The van der Waals surface area contributed by atoms with E-state index in [1.807, 2.05) is 6.92 Å². The number of carbonyl (C=O) groups excluding carboxylic acids is 1. The largest absolute Gasteiger partial charge is 0.496 e. The van der Waals surface area contributed by atoms with Crippen molar-refractivity contribution in [2.45, 2.75) is 38.6 Å². The van der Waals surface area contributed by atoms with Gasteiger partial charge in [0.1, 0.15) is 23.7 Å². The van der Waals surface area contributed by atoms with Gasteiger partial charge in [0.05, 0.1) is 13.7 Å². The first-order valence-electron chi connectivity index (χ1n) is 6.84. The molecule has 1 N–H and O–H groups in total. The van der Waals surface area contributed by atoms with Crippen LogP contribution in [-0.2, 0) is 16.0 Å². The number of ether oxygens (including phenoxy) is 3. The molecule has 5 nitrogen and oxygen atoms in total. The monoisotopic (exact) mass is 298 g/mol. The van der Waals surface area contributed by atoms with Gasteiger partial charge in [0.15, 0.2) is 0 Å². The van der Waals surface area contributed by atoms with E-state index in [0.717, 1.165) is 12.0 Å². The number of alkyl halides is 1. The van der Waals surface area contributed by atoms with Crippen molar-refractivity contribution in [1.82, 2.24) is 0 Å². The zero-order valence-electron chi connectivity index (χ0n) is 12.3. The number of halogens is 1. The fourth-order valence-corrected chi connectivity index (χ4v) is 2.37. The molecule has 0 spiro atoms. The zero-order valence-corrected chi connectivity index (χ0v) is 12.3. The van der Waals surface area contributed by atoms with Crippen LogP contribution in [-0.4, -0.2) is 37.1 Å². The minimum atomic E-state index is -2.17. The molecule has 0 aliphatic carbocycles. The number of fused-ring (bicyclic) bond motifs is 1. The minimum absolute atomic E-state index is 0.0170. The topological polar surface area (TPSA) is 65.0 Å². The SMILES string of the molecule is CCOC(=O)C(F)C(O)c1cc2c(cc1OC)CC(C)O2. The summed E-state index contributed by atoms with van der Waals surface area (Å²) in [5.41, 5.74) is 1.10. The molecule has 1 aromatic rings. The van der Waals surface area contributed by atoms with Crippen LogP contribution in [0.25, 0.3) is 0 Å². The number of hydrogen-bond donors (Lipinski definition) is 1. The Bertz CT molecular complexity index is 531. The summed E-state index contributed by atoms with van der Waals surface area (Å²) in [7, 11) is 1.43. The Morgan fingerprint density at radius 1 is 1.57 bits per heavy atom. The van der Waals surface area contributed by atoms with Gasteiger partial charge in [-0.05, 0) is 26.0 Å². The van der Waals surface area contributed by atoms with Gasteiger partial charge in [0, 0.05) is 17.5 Å². The highest BCUT2D eigenvalue weighted by atomic mass is 19.1. The van der Waals surface area contributed by atoms with Gasteiger partial charge in [0.2, 0.25) is 6.17 Å². The molecule has 1 aliphatic heterocycles. The van der Waals surface area contributed by atoms with Gasteiger partial charge in [-0.25, -0.2) is 9.18 Å². The molecule has 1 aliphatic rings. The van der Waals surface area contributed by atoms with E-state index in [1.54, 1.807) is 13.0 Å². The van der Waals surface area contributed by atoms with Gasteiger partial charge < -0.3 is 19.3 Å². The van der Waals surface area contributed by atoms with Crippen LogP contribution in [0.3, 0.4) is 0 Å². The minimum Gasteiger partial charge on any atom is -0.496 e. The van der Waals surface area contributed by atoms with Crippen molar-refractivity contribution in [3.8, 4) is 11.5 Å². The summed E-state index contributed by atoms with van der Waals surface area (Å²) < 4.78 is 29.3. The summed E-state index contributed by atoms with van der Waals surface area (Å²) in [5, 5.41) is 10.1. The quantitative estimate of drug-likeness (QED) is 0.842. The number of aliphatic hydroxyl groups excluding tert-OH is 1. The Balaban J connectivity index is 2.30. The van der Waals surface area contributed by atoms with Gasteiger partial charge in [-0.3, -0.25) is 0 Å². The normalized spacial score (nSPS) is 19.4. The Morgan fingerprint density at radius 2 is 2.29 bits per heavy atom. The maximum atomic E-state index is 14.0. The third kappa shape index (κ3) is 3.10. The summed E-state index contributed by atoms with van der Waals surface area (Å²) in [5.74, 6) is -0.193. The Morgan fingerprint density at radius 3 is 2.90 bits per heavy atom. The third-order valence-electron chi connectivity index (χ3n) is 3.36. The molecule has 0 aromatic heterocycles. The second-order valence-electron chi connectivity index (χ2n) is 4.93. The van der Waals surface area contributed by atoms with Crippen molar-refractivity contribution in [1.29, 1.82) is 0 Å². The fraction of sp³-hybridized carbons (Fsp3) is 0.533. The molecule has 0 saturated heterocycles. The lowest BCUT2D eigenvalue weighted by molar-refractivity contribution is -0.153. The Labute approximate surface area is 122 Å². The van der Waals surface area contributed by atoms with Crippen LogP contribution in [0.1, 0.15) is 31.1 Å². The molecule has 21 heavy (non-hydrogen) atoms. The van der Waals surface area contributed by atoms with Crippen molar-refractivity contribution in [2.24, 2.45) is 0 Å². The molecule has 0 fully saturated rings. The highest BCUT2D eigenvalue weighted by molar-refractivity contribution is 5.76. The van der Waals surface area contributed by atoms with Crippen molar-refractivity contribution >= 4 is 5.97 Å². The van der Waals surface area contributed by atoms with Gasteiger partial charge >= 0.3 is 5.97 Å². The highest BCUT2D eigenvalue weighted by Crippen LogP contribution is 2.38. The summed E-state index contributed by atoms with van der Waals surface area (Å²) in [6, 6.07) is 3.23. The molecule has 1 heterocycles. The molecule has 3 unspecified atom stereocenters. The molecular weight excluding hydrogens is 279 g/mol. The van der Waals surface area contributed by atoms with Gasteiger partial charge in [-0.2, -0.15) is 0 Å². The van der Waals surface area contributed by atoms with E-state index in [9.17, 15) is 14.3 Å². The first kappa shape index (κ1) is 15.6. The first-order chi connectivity index (χ1) is 9.97. The predicted molar refractivity (Wildman–Crippen MR) is 73.3 cm³/mol. The lowest BCUT2D eigenvalue weighted by atomic mass is 10.00. The highest BCUT2D eigenvalue weighted by Gasteiger charge is 2.33. The summed E-state index contributed by atoms with van der Waals surface area (Å²) in [6.45, 7) is 3.54. The Hall–Kier alpha value is -1.82. The molecule has 0 radical (unpaired) electrons. The average molecular weight is 298 g/mol. The molecule has 0 saturated carbocycles. The van der Waals surface area contributed by atoms with Crippen molar-refractivity contribution in [3.63, 3.8) is 0 Å². The lowest BCUT2D eigenvalue weighted by Gasteiger charge is -2.18. The lowest BCUT2D eigenvalue weighted by Crippen LogP contribution is -2.26. The molecule has 2 rings (SSSR count). The number of hydrogen-bond acceptors (Lipinski definition) is 5. The van der Waals surface area contributed by atoms with Gasteiger partial charge in [0.25, 0.3) is 0 Å². The van der Waals surface area contributed by atoms with E-state index in [4.69, 9.17) is 9.47 Å². The van der Waals surface area contributed by atoms with Crippen molar-refractivity contribution in [2.75, 3.05) is 13.7 Å². The summed E-state index contributed by atoms with van der Waals surface area (Å²) in [4.78, 5) is 11.4. The molecule has 3 atom stereocenters. The van der Waals surface area contributed by atoms with Gasteiger partial charge in [-0.15, -0.1) is 0 Å². The standard InChI is InChI=1S/C15H19FO5/c1-4-20-15(18)13(16)14(17)10-7-11-9(5-8(2)21-11)6-12(10)19-3/h6-8,13-14,17H,4-5H2,1-3H3. The number of methoxy groups -OCH3 is 1. The third-order valence-corrected chi connectivity index (χ3v) is 3.36. The Kier molecular flexibility index (Phi) is 4.67. The smallest absolute Gasteiger partial charge is 0.343 e. The maximum Gasteiger partial charge on any atom is 0.343 e. The van der Waals surface area contributed by atoms with E-state index < -0.39 is 18.2 Å². The van der Waals surface area contributed by atoms with E-state index in [0.29, 0.717) is 11.5 Å². The molecule has 0 amide bonds. The molecule has 0 bridgehead atoms. The average Bonchev–Trinajstić information content (AvgIpc) is 2.83. The summed E-state index contributed by atoms with van der Waals surface area (Å²) in [6.07, 6.45) is -3.10. The second-order valence-corrected chi connectivity index (χ2v) is 4.93. The zero-order chi connectivity index (χ0) is 15.6. The number of benzene rings is 1. The van der Waals surface area contributed by atoms with Crippen LogP contribution in [0.5, 0.6) is 11.5 Å². The van der Waals surface area contributed by atoms with Crippen LogP contribution in [0.2, 0.25) is 0 Å². The summed E-state index contributed by atoms with van der Waals surface area (Å²) >= 11 is 0. The van der Waals surface area contributed by atoms with Crippen LogP contribution < -0.4 is 9.47 Å². The number of esters is 1. The van der Waals surface area contributed by atoms with Crippen LogP contribution in [0.15, 0.2) is 12.1 Å². The van der Waals surface area contributed by atoms with E-state index in [1.165, 1.54) is 13.2 Å². The van der Waals surface area contributed by atoms with Crippen LogP contribution in [0, 0.1) is 0 Å². The van der Waals surface area contributed by atoms with E-state index in [-0.39, 0.29) is 18.3 Å². The van der Waals surface area contributed by atoms with Crippen LogP contribution >= 0.6 is 0 Å². The van der Waals surface area contributed by atoms with Crippen molar-refractivity contribution < 1.29 is 28.5 Å². The fourth-order valence-electron chi connectivity index (χ4n) is 2.37. The molecule has 1 aromatic carbocycles. The number of rotatable bonds is 5. The number of carbonyl (C=O) groups is 1. The van der Waals surface area contributed by atoms with E-state index in [2.05, 4.69) is 4.74 Å². The van der Waals surface area contributed by atoms with Crippen LogP contribution in [0.4, 0.5) is 4.39 Å². The van der Waals surface area contributed by atoms with E-state index >= 15 is 0 Å². The number of aliphatic hydroxyl groups is 1.